The first kappa shape index (κ1) is 15.9. The molecular formula is C24H16O2. The van der Waals surface area contributed by atoms with Crippen LogP contribution < -0.4 is 5.63 Å². The van der Waals surface area contributed by atoms with Crippen LogP contribution in [0.3, 0.4) is 0 Å². The molecule has 0 saturated carbocycles. The summed E-state index contributed by atoms with van der Waals surface area (Å²) in [5, 5.41) is 0.908. The molecule has 0 atom stereocenters. The summed E-state index contributed by atoms with van der Waals surface area (Å²) in [5.74, 6) is 6.30. The van der Waals surface area contributed by atoms with Gasteiger partial charge in [-0.2, -0.15) is 0 Å². The number of para-hydroxylation sites is 1. The quantitative estimate of drug-likeness (QED) is 0.355. The van der Waals surface area contributed by atoms with Crippen molar-refractivity contribution in [3.05, 3.63) is 106 Å². The minimum Gasteiger partial charge on any atom is -0.422 e. The Hall–Kier alpha value is -3.57. The number of hydrogen-bond acceptors (Lipinski definition) is 2. The predicted molar refractivity (Wildman–Crippen MR) is 105 cm³/mol. The number of benzene rings is 3. The minimum atomic E-state index is -0.331. The average molecular weight is 336 g/mol. The van der Waals surface area contributed by atoms with Crippen LogP contribution in [-0.2, 0) is 0 Å². The van der Waals surface area contributed by atoms with Gasteiger partial charge < -0.3 is 4.42 Å². The van der Waals surface area contributed by atoms with E-state index in [2.05, 4.69) is 18.8 Å². The van der Waals surface area contributed by atoms with E-state index in [-0.39, 0.29) is 5.63 Å². The second-order valence-electron chi connectivity index (χ2n) is 6.18. The van der Waals surface area contributed by atoms with Gasteiger partial charge >= 0.3 is 5.63 Å². The third-order valence-electron chi connectivity index (χ3n) is 4.24. The number of aryl methyl sites for hydroxylation is 1. The van der Waals surface area contributed by atoms with Gasteiger partial charge in [0.1, 0.15) is 5.58 Å². The molecule has 0 fully saturated rings. The number of hydrogen-bond donors (Lipinski definition) is 0. The third-order valence-corrected chi connectivity index (χ3v) is 4.24. The monoisotopic (exact) mass is 336 g/mol. The molecular weight excluding hydrogens is 320 g/mol. The number of fused-ring (bicyclic) bond motifs is 1. The molecule has 3 aromatic carbocycles. The smallest absolute Gasteiger partial charge is 0.344 e. The summed E-state index contributed by atoms with van der Waals surface area (Å²) in [4.78, 5) is 12.3. The molecule has 4 rings (SSSR count). The summed E-state index contributed by atoms with van der Waals surface area (Å²) < 4.78 is 5.41. The van der Waals surface area contributed by atoms with Crippen LogP contribution in [0.4, 0.5) is 0 Å². The molecule has 4 aromatic rings. The van der Waals surface area contributed by atoms with Gasteiger partial charge in [-0.1, -0.05) is 59.9 Å². The lowest BCUT2D eigenvalue weighted by molar-refractivity contribution is 0.563. The summed E-state index contributed by atoms with van der Waals surface area (Å²) in [5.41, 5.74) is 4.75. The maximum atomic E-state index is 12.3. The maximum Gasteiger partial charge on any atom is 0.344 e. The van der Waals surface area contributed by atoms with Crippen molar-refractivity contribution in [3.8, 4) is 23.0 Å². The zero-order chi connectivity index (χ0) is 17.9. The van der Waals surface area contributed by atoms with Gasteiger partial charge in [-0.15, -0.1) is 0 Å². The van der Waals surface area contributed by atoms with E-state index in [0.717, 1.165) is 22.1 Å². The van der Waals surface area contributed by atoms with Crippen molar-refractivity contribution in [2.45, 2.75) is 6.92 Å². The Morgan fingerprint density at radius 3 is 2.08 bits per heavy atom. The molecule has 0 amide bonds. The van der Waals surface area contributed by atoms with Crippen LogP contribution in [0.2, 0.25) is 0 Å². The fraction of sp³-hybridized carbons (Fsp3) is 0.0417. The first-order valence-corrected chi connectivity index (χ1v) is 8.41. The lowest BCUT2D eigenvalue weighted by atomic mass is 10.0. The van der Waals surface area contributed by atoms with E-state index in [1.165, 1.54) is 5.56 Å². The van der Waals surface area contributed by atoms with Gasteiger partial charge in [0.25, 0.3) is 0 Å². The van der Waals surface area contributed by atoms with E-state index >= 15 is 0 Å². The Bertz CT molecular complexity index is 1190. The van der Waals surface area contributed by atoms with Gasteiger partial charge in [0.15, 0.2) is 0 Å². The van der Waals surface area contributed by atoms with E-state index in [1.807, 2.05) is 72.8 Å². The van der Waals surface area contributed by atoms with Crippen LogP contribution in [-0.4, -0.2) is 0 Å². The molecule has 0 saturated heterocycles. The Morgan fingerprint density at radius 2 is 1.38 bits per heavy atom. The molecule has 0 spiro atoms. The van der Waals surface area contributed by atoms with Crippen molar-refractivity contribution in [2.75, 3.05) is 0 Å². The Kier molecular flexibility index (Phi) is 4.13. The zero-order valence-electron chi connectivity index (χ0n) is 14.3. The van der Waals surface area contributed by atoms with Crippen LogP contribution in [0, 0.1) is 18.8 Å². The van der Waals surface area contributed by atoms with Gasteiger partial charge in [0.05, 0.1) is 5.56 Å². The summed E-state index contributed by atoms with van der Waals surface area (Å²) in [6.07, 6.45) is 0. The molecule has 1 heterocycles. The Morgan fingerprint density at radius 1 is 0.769 bits per heavy atom. The highest BCUT2D eigenvalue weighted by Gasteiger charge is 2.07. The van der Waals surface area contributed by atoms with Crippen molar-refractivity contribution in [1.29, 1.82) is 0 Å². The molecule has 0 N–H and O–H groups in total. The molecule has 0 radical (unpaired) electrons. The molecule has 1 aromatic heterocycles. The van der Waals surface area contributed by atoms with Crippen LogP contribution >= 0.6 is 0 Å². The lowest BCUT2D eigenvalue weighted by Gasteiger charge is -2.02. The molecule has 0 aliphatic rings. The zero-order valence-corrected chi connectivity index (χ0v) is 14.3. The molecule has 26 heavy (non-hydrogen) atoms. The third kappa shape index (κ3) is 3.29. The first-order valence-electron chi connectivity index (χ1n) is 8.41. The Balaban J connectivity index is 1.65. The summed E-state index contributed by atoms with van der Waals surface area (Å²) >= 11 is 0. The topological polar surface area (TPSA) is 30.2 Å². The van der Waals surface area contributed by atoms with E-state index < -0.39 is 0 Å². The van der Waals surface area contributed by atoms with E-state index in [1.54, 1.807) is 6.07 Å². The van der Waals surface area contributed by atoms with Crippen LogP contribution in [0.15, 0.2) is 88.1 Å². The summed E-state index contributed by atoms with van der Waals surface area (Å²) in [6.45, 7) is 2.05. The standard InChI is InChI=1S/C24H16O2/c1-17-6-8-18(9-7-17)10-11-19-12-14-20(15-13-19)22-16-21-4-2-3-5-23(21)26-24(22)25/h2-9,12-16H,1H3. The van der Waals surface area contributed by atoms with Gasteiger partial charge in [0, 0.05) is 16.5 Å². The fourth-order valence-corrected chi connectivity index (χ4v) is 2.78. The first-order chi connectivity index (χ1) is 12.7. The van der Waals surface area contributed by atoms with Crippen LogP contribution in [0.25, 0.3) is 22.1 Å². The highest BCUT2D eigenvalue weighted by molar-refractivity contribution is 5.81. The van der Waals surface area contributed by atoms with Crippen molar-refractivity contribution in [3.63, 3.8) is 0 Å². The maximum absolute atomic E-state index is 12.3. The summed E-state index contributed by atoms with van der Waals surface area (Å²) in [7, 11) is 0. The molecule has 0 aliphatic carbocycles. The van der Waals surface area contributed by atoms with Crippen LogP contribution in [0.1, 0.15) is 16.7 Å². The average Bonchev–Trinajstić information content (AvgIpc) is 2.67. The molecule has 2 heteroatoms. The largest absolute Gasteiger partial charge is 0.422 e. The predicted octanol–water partition coefficient (Wildman–Crippen LogP) is 5.17. The highest BCUT2D eigenvalue weighted by Crippen LogP contribution is 2.21. The van der Waals surface area contributed by atoms with Gasteiger partial charge in [-0.3, -0.25) is 0 Å². The van der Waals surface area contributed by atoms with Gasteiger partial charge in [-0.05, 0) is 48.9 Å². The normalized spacial score (nSPS) is 10.3. The van der Waals surface area contributed by atoms with Crippen LogP contribution in [0.5, 0.6) is 0 Å². The molecule has 0 unspecified atom stereocenters. The number of rotatable bonds is 1. The molecule has 124 valence electrons. The second kappa shape index (κ2) is 6.74. The Labute approximate surface area is 151 Å². The molecule has 0 aliphatic heterocycles. The van der Waals surface area contributed by atoms with Gasteiger partial charge in [0.2, 0.25) is 0 Å². The molecule has 0 bridgehead atoms. The van der Waals surface area contributed by atoms with Crippen molar-refractivity contribution in [2.24, 2.45) is 0 Å². The van der Waals surface area contributed by atoms with E-state index in [9.17, 15) is 4.79 Å². The lowest BCUT2D eigenvalue weighted by Crippen LogP contribution is -2.02. The van der Waals surface area contributed by atoms with E-state index in [0.29, 0.717) is 11.1 Å². The summed E-state index contributed by atoms with van der Waals surface area (Å²) in [6, 6.07) is 25.1. The SMILES string of the molecule is Cc1ccc(C#Cc2ccc(-c3cc4ccccc4oc3=O)cc2)cc1. The minimum absolute atomic E-state index is 0.331. The van der Waals surface area contributed by atoms with Crippen molar-refractivity contribution < 1.29 is 4.42 Å². The highest BCUT2D eigenvalue weighted by atomic mass is 16.4. The van der Waals surface area contributed by atoms with Crippen molar-refractivity contribution >= 4 is 11.0 Å². The van der Waals surface area contributed by atoms with Crippen molar-refractivity contribution in [1.82, 2.24) is 0 Å². The molecule has 2 nitrogen and oxygen atoms in total. The second-order valence-corrected chi connectivity index (χ2v) is 6.18. The van der Waals surface area contributed by atoms with Gasteiger partial charge in [-0.25, -0.2) is 4.79 Å². The fourth-order valence-electron chi connectivity index (χ4n) is 2.78. The van der Waals surface area contributed by atoms with E-state index in [4.69, 9.17) is 4.42 Å².